The molecule has 0 aromatic heterocycles. The van der Waals surface area contributed by atoms with E-state index in [1.165, 1.54) is 32.1 Å². The van der Waals surface area contributed by atoms with Crippen molar-refractivity contribution < 1.29 is 4.79 Å². The monoisotopic (exact) mass is 290 g/mol. The van der Waals surface area contributed by atoms with Crippen LogP contribution < -0.4 is 0 Å². The summed E-state index contributed by atoms with van der Waals surface area (Å²) >= 11 is 5.92. The molecule has 1 aliphatic carbocycles. The number of benzene rings is 1. The molecule has 0 spiro atoms. The molecule has 0 unspecified atom stereocenters. The molecule has 4 heteroatoms. The van der Waals surface area contributed by atoms with Crippen molar-refractivity contribution in [2.24, 2.45) is 10.9 Å². The highest BCUT2D eigenvalue weighted by Gasteiger charge is 2.29. The van der Waals surface area contributed by atoms with Crippen LogP contribution in [-0.2, 0) is 4.79 Å². The molecule has 3 rings (SSSR count). The molecule has 0 N–H and O–H groups in total. The van der Waals surface area contributed by atoms with Crippen molar-refractivity contribution in [3.8, 4) is 0 Å². The molecule has 106 valence electrons. The minimum atomic E-state index is 0.125. The second-order valence-electron chi connectivity index (χ2n) is 5.66. The maximum Gasteiger partial charge on any atom is 0.249 e. The molecular formula is C16H19ClN2O. The summed E-state index contributed by atoms with van der Waals surface area (Å²) in [5.74, 6) is 1.57. The molecule has 1 aromatic rings. The van der Waals surface area contributed by atoms with Gasteiger partial charge in [-0.3, -0.25) is 14.7 Å². The highest BCUT2D eigenvalue weighted by molar-refractivity contribution is 6.30. The maximum absolute atomic E-state index is 12.1. The molecule has 1 amide bonds. The van der Waals surface area contributed by atoms with Gasteiger partial charge in [-0.2, -0.15) is 0 Å². The zero-order chi connectivity index (χ0) is 13.9. The van der Waals surface area contributed by atoms with E-state index in [4.69, 9.17) is 11.6 Å². The van der Waals surface area contributed by atoms with E-state index in [0.717, 1.165) is 17.9 Å². The van der Waals surface area contributed by atoms with Gasteiger partial charge in [-0.1, -0.05) is 30.9 Å². The molecule has 1 fully saturated rings. The van der Waals surface area contributed by atoms with E-state index in [2.05, 4.69) is 4.99 Å². The number of carbonyl (C=O) groups excluding carboxylic acids is 1. The molecule has 2 aliphatic rings. The normalized spacial score (nSPS) is 20.4. The summed E-state index contributed by atoms with van der Waals surface area (Å²) in [7, 11) is 0. The zero-order valence-electron chi connectivity index (χ0n) is 11.5. The summed E-state index contributed by atoms with van der Waals surface area (Å²) in [5.41, 5.74) is 0.982. The fourth-order valence-corrected chi connectivity index (χ4v) is 3.22. The van der Waals surface area contributed by atoms with E-state index in [0.29, 0.717) is 10.9 Å². The lowest BCUT2D eigenvalue weighted by molar-refractivity contribution is -0.125. The van der Waals surface area contributed by atoms with Crippen LogP contribution in [-0.4, -0.2) is 29.7 Å². The van der Waals surface area contributed by atoms with Crippen LogP contribution in [0.4, 0.5) is 0 Å². The molecule has 0 radical (unpaired) electrons. The number of aliphatic imine (C=N–C) groups is 1. The van der Waals surface area contributed by atoms with Crippen molar-refractivity contribution in [2.45, 2.75) is 32.1 Å². The van der Waals surface area contributed by atoms with Crippen molar-refractivity contribution in [3.05, 3.63) is 34.9 Å². The lowest BCUT2D eigenvalue weighted by atomic mass is 9.89. The molecule has 1 aromatic carbocycles. The quantitative estimate of drug-likeness (QED) is 0.838. The number of nitrogens with zero attached hydrogens (tertiary/aromatic N) is 2. The molecule has 1 saturated carbocycles. The number of amides is 1. The van der Waals surface area contributed by atoms with Crippen LogP contribution in [0.25, 0.3) is 0 Å². The smallest absolute Gasteiger partial charge is 0.249 e. The van der Waals surface area contributed by atoms with Crippen molar-refractivity contribution >= 4 is 23.3 Å². The lowest BCUT2D eigenvalue weighted by Gasteiger charge is -2.27. The first kappa shape index (κ1) is 13.6. The van der Waals surface area contributed by atoms with Gasteiger partial charge < -0.3 is 0 Å². The minimum absolute atomic E-state index is 0.125. The first-order valence-corrected chi connectivity index (χ1v) is 7.72. The Morgan fingerprint density at radius 2 is 1.85 bits per heavy atom. The minimum Gasteiger partial charge on any atom is -0.295 e. The van der Waals surface area contributed by atoms with E-state index in [1.807, 2.05) is 29.2 Å². The van der Waals surface area contributed by atoms with Crippen LogP contribution in [0.5, 0.6) is 0 Å². The van der Waals surface area contributed by atoms with E-state index >= 15 is 0 Å². The first-order chi connectivity index (χ1) is 9.74. The summed E-state index contributed by atoms with van der Waals surface area (Å²) in [5, 5.41) is 0.706. The van der Waals surface area contributed by atoms with E-state index in [-0.39, 0.29) is 12.5 Å². The Bertz CT molecular complexity index is 518. The van der Waals surface area contributed by atoms with Crippen molar-refractivity contribution in [2.75, 3.05) is 13.1 Å². The van der Waals surface area contributed by atoms with E-state index in [9.17, 15) is 4.79 Å². The molecule has 3 nitrogen and oxygen atoms in total. The van der Waals surface area contributed by atoms with Crippen molar-refractivity contribution in [3.63, 3.8) is 0 Å². The number of amidine groups is 1. The Morgan fingerprint density at radius 3 is 2.55 bits per heavy atom. The Labute approximate surface area is 124 Å². The second-order valence-corrected chi connectivity index (χ2v) is 6.09. The van der Waals surface area contributed by atoms with Gasteiger partial charge >= 0.3 is 0 Å². The topological polar surface area (TPSA) is 32.7 Å². The Morgan fingerprint density at radius 1 is 1.15 bits per heavy atom. The van der Waals surface area contributed by atoms with Crippen LogP contribution in [0.1, 0.15) is 37.7 Å². The third-order valence-electron chi connectivity index (χ3n) is 4.19. The largest absolute Gasteiger partial charge is 0.295 e. The Balaban J connectivity index is 1.75. The van der Waals surface area contributed by atoms with Crippen molar-refractivity contribution in [1.29, 1.82) is 0 Å². The lowest BCUT2D eigenvalue weighted by Crippen LogP contribution is -2.37. The molecule has 0 saturated heterocycles. The van der Waals surface area contributed by atoms with Crippen LogP contribution in [0.3, 0.4) is 0 Å². The summed E-state index contributed by atoms with van der Waals surface area (Å²) in [4.78, 5) is 18.4. The third kappa shape index (κ3) is 2.88. The average molecular weight is 291 g/mol. The van der Waals surface area contributed by atoms with Gasteiger partial charge in [0.25, 0.3) is 0 Å². The second kappa shape index (κ2) is 5.96. The summed E-state index contributed by atoms with van der Waals surface area (Å²) in [6.45, 7) is 1.10. The van der Waals surface area contributed by atoms with Gasteiger partial charge in [-0.05, 0) is 43.0 Å². The number of rotatable bonds is 3. The molecule has 1 aliphatic heterocycles. The predicted molar refractivity (Wildman–Crippen MR) is 81.1 cm³/mol. The van der Waals surface area contributed by atoms with Gasteiger partial charge in [-0.15, -0.1) is 0 Å². The van der Waals surface area contributed by atoms with E-state index < -0.39 is 0 Å². The SMILES string of the molecule is O=C1CN=C(c2ccc(Cl)cc2)N1CC1CCCCC1. The van der Waals surface area contributed by atoms with Gasteiger partial charge in [-0.25, -0.2) is 0 Å². The van der Waals surface area contributed by atoms with Gasteiger partial charge in [0.1, 0.15) is 12.4 Å². The van der Waals surface area contributed by atoms with Gasteiger partial charge in [0.15, 0.2) is 0 Å². The van der Waals surface area contributed by atoms with Gasteiger partial charge in [0, 0.05) is 17.1 Å². The zero-order valence-corrected chi connectivity index (χ0v) is 12.3. The first-order valence-electron chi connectivity index (χ1n) is 7.35. The summed E-state index contributed by atoms with van der Waals surface area (Å²) in [6.07, 6.45) is 6.39. The highest BCUT2D eigenvalue weighted by Crippen LogP contribution is 2.26. The highest BCUT2D eigenvalue weighted by atomic mass is 35.5. The average Bonchev–Trinajstić information content (AvgIpc) is 2.83. The third-order valence-corrected chi connectivity index (χ3v) is 4.44. The summed E-state index contributed by atoms with van der Waals surface area (Å²) in [6, 6.07) is 7.57. The number of carbonyl (C=O) groups is 1. The van der Waals surface area contributed by atoms with E-state index in [1.54, 1.807) is 0 Å². The number of hydrogen-bond donors (Lipinski definition) is 0. The van der Waals surface area contributed by atoms with Crippen LogP contribution in [0.2, 0.25) is 5.02 Å². The van der Waals surface area contributed by atoms with Gasteiger partial charge in [0.2, 0.25) is 5.91 Å². The molecule has 0 atom stereocenters. The van der Waals surface area contributed by atoms with Gasteiger partial charge in [0.05, 0.1) is 0 Å². The molecule has 1 heterocycles. The maximum atomic E-state index is 12.1. The Hall–Kier alpha value is -1.35. The summed E-state index contributed by atoms with van der Waals surface area (Å²) < 4.78 is 0. The molecular weight excluding hydrogens is 272 g/mol. The van der Waals surface area contributed by atoms with Crippen LogP contribution in [0, 0.1) is 5.92 Å². The number of halogens is 1. The molecule has 20 heavy (non-hydrogen) atoms. The fourth-order valence-electron chi connectivity index (χ4n) is 3.09. The number of hydrogen-bond acceptors (Lipinski definition) is 2. The predicted octanol–water partition coefficient (Wildman–Crippen LogP) is 3.51. The standard InChI is InChI=1S/C16H19ClN2O/c17-14-8-6-13(7-9-14)16-18-10-15(20)19(16)11-12-4-2-1-3-5-12/h6-9,12H,1-5,10-11H2. The molecule has 0 bridgehead atoms. The van der Waals surface area contributed by atoms with Crippen LogP contribution in [0.15, 0.2) is 29.3 Å². The van der Waals surface area contributed by atoms with Crippen molar-refractivity contribution in [1.82, 2.24) is 4.90 Å². The fraction of sp³-hybridized carbons (Fsp3) is 0.500. The van der Waals surface area contributed by atoms with Crippen LogP contribution >= 0.6 is 11.6 Å². The Kier molecular flexibility index (Phi) is 4.06.